The Morgan fingerprint density at radius 2 is 2.32 bits per heavy atom. The van der Waals surface area contributed by atoms with Crippen LogP contribution in [0.3, 0.4) is 0 Å². The number of aromatic nitrogens is 2. The van der Waals surface area contributed by atoms with Crippen LogP contribution in [0.4, 0.5) is 0 Å². The highest BCUT2D eigenvalue weighted by molar-refractivity contribution is 5.89. The number of esters is 1. The maximum Gasteiger partial charge on any atom is 0.337 e. The van der Waals surface area contributed by atoms with E-state index in [4.69, 9.17) is 9.26 Å². The van der Waals surface area contributed by atoms with Crippen LogP contribution in [-0.4, -0.2) is 29.8 Å². The summed E-state index contributed by atoms with van der Waals surface area (Å²) in [7, 11) is 1.34. The molecule has 1 aromatic carbocycles. The fraction of sp³-hybridized carbons (Fsp3) is 0.357. The van der Waals surface area contributed by atoms with Crippen LogP contribution in [0.1, 0.15) is 34.5 Å². The van der Waals surface area contributed by atoms with Crippen LogP contribution in [0.25, 0.3) is 0 Å². The first-order valence-electron chi connectivity index (χ1n) is 6.63. The van der Waals surface area contributed by atoms with Crippen LogP contribution in [0, 0.1) is 0 Å². The number of nitrogens with zero attached hydrogens (tertiary/aromatic N) is 2. The molecular weight excluding hydrogens is 310 g/mol. The number of nitrogens with one attached hydrogen (secondary N) is 1. The van der Waals surface area contributed by atoms with Crippen LogP contribution in [-0.2, 0) is 11.3 Å². The Hall–Kier alpha value is -2.12. The Morgan fingerprint density at radius 3 is 3.00 bits per heavy atom. The number of carbonyl (C=O) groups excluding carboxylic acids is 1. The maximum absolute atomic E-state index is 11.4. The summed E-state index contributed by atoms with van der Waals surface area (Å²) >= 11 is 0. The second-order valence-corrected chi connectivity index (χ2v) is 4.65. The third kappa shape index (κ3) is 3.55. The summed E-state index contributed by atoms with van der Waals surface area (Å²) < 4.78 is 15.4. The normalized spacial score (nSPS) is 16.3. The summed E-state index contributed by atoms with van der Waals surface area (Å²) in [4.78, 5) is 15.7. The van der Waals surface area contributed by atoms with E-state index >= 15 is 0 Å². The van der Waals surface area contributed by atoms with E-state index in [1.54, 1.807) is 24.3 Å². The van der Waals surface area contributed by atoms with Crippen molar-refractivity contribution in [1.82, 2.24) is 15.5 Å². The lowest BCUT2D eigenvalue weighted by atomic mass is 10.1. The molecule has 118 valence electrons. The molecule has 7 nitrogen and oxygen atoms in total. The highest BCUT2D eigenvalue weighted by Gasteiger charge is 2.24. The van der Waals surface area contributed by atoms with Gasteiger partial charge in [0, 0.05) is 0 Å². The van der Waals surface area contributed by atoms with E-state index in [0.717, 1.165) is 13.0 Å². The molecule has 2 heterocycles. The van der Waals surface area contributed by atoms with Crippen molar-refractivity contribution < 1.29 is 18.8 Å². The van der Waals surface area contributed by atoms with Crippen LogP contribution in [0.2, 0.25) is 0 Å². The summed E-state index contributed by atoms with van der Waals surface area (Å²) in [5.41, 5.74) is 0.433. The molecule has 0 amide bonds. The van der Waals surface area contributed by atoms with Crippen molar-refractivity contribution in [3.63, 3.8) is 0 Å². The van der Waals surface area contributed by atoms with E-state index in [1.165, 1.54) is 7.11 Å². The number of ether oxygens (including phenoxy) is 2. The lowest BCUT2D eigenvalue weighted by Gasteiger charge is -2.23. The van der Waals surface area contributed by atoms with Gasteiger partial charge in [-0.05, 0) is 31.2 Å². The molecule has 1 saturated heterocycles. The molecule has 0 spiro atoms. The number of hydrogen-bond acceptors (Lipinski definition) is 7. The highest BCUT2D eigenvalue weighted by atomic mass is 35.5. The molecule has 1 aromatic heterocycles. The number of halogens is 1. The van der Waals surface area contributed by atoms with Gasteiger partial charge in [0.25, 0.3) is 0 Å². The number of rotatable bonds is 5. The predicted molar refractivity (Wildman–Crippen MR) is 79.0 cm³/mol. The Balaban J connectivity index is 0.00000176. The van der Waals surface area contributed by atoms with Gasteiger partial charge in [-0.15, -0.1) is 12.4 Å². The van der Waals surface area contributed by atoms with Gasteiger partial charge in [-0.3, -0.25) is 0 Å². The van der Waals surface area contributed by atoms with Gasteiger partial charge >= 0.3 is 5.97 Å². The van der Waals surface area contributed by atoms with Crippen molar-refractivity contribution >= 4 is 18.4 Å². The molecule has 1 fully saturated rings. The molecule has 3 rings (SSSR count). The summed E-state index contributed by atoms with van der Waals surface area (Å²) in [6.45, 7) is 1.15. The zero-order chi connectivity index (χ0) is 14.7. The van der Waals surface area contributed by atoms with E-state index in [1.807, 2.05) is 0 Å². The number of benzene rings is 1. The van der Waals surface area contributed by atoms with Crippen LogP contribution in [0.15, 0.2) is 28.8 Å². The topological polar surface area (TPSA) is 86.5 Å². The highest BCUT2D eigenvalue weighted by Crippen LogP contribution is 2.21. The van der Waals surface area contributed by atoms with Crippen molar-refractivity contribution in [2.45, 2.75) is 19.1 Å². The molecule has 0 bridgehead atoms. The summed E-state index contributed by atoms with van der Waals surface area (Å²) in [6, 6.07) is 6.91. The standard InChI is InChI=1S/C14H15N3O4.ClH/c1-19-14(18)9-3-2-4-10(7-9)20-8-12-16-13(21-17-12)11-5-6-15-11;/h2-4,7,11,15H,5-6,8H2,1H3;1H/t11-;/m1./s1. The van der Waals surface area contributed by atoms with Crippen molar-refractivity contribution in [2.75, 3.05) is 13.7 Å². The Labute approximate surface area is 133 Å². The largest absolute Gasteiger partial charge is 0.485 e. The van der Waals surface area contributed by atoms with Crippen LogP contribution < -0.4 is 10.1 Å². The summed E-state index contributed by atoms with van der Waals surface area (Å²) in [5.74, 6) is 1.20. The van der Waals surface area contributed by atoms with Crippen molar-refractivity contribution in [3.05, 3.63) is 41.5 Å². The molecule has 0 radical (unpaired) electrons. The molecule has 1 aliphatic rings. The van der Waals surface area contributed by atoms with Crippen molar-refractivity contribution in [1.29, 1.82) is 0 Å². The van der Waals surface area contributed by atoms with Gasteiger partial charge in [0.05, 0.1) is 18.7 Å². The minimum Gasteiger partial charge on any atom is -0.485 e. The molecular formula is C14H16ClN3O4. The van der Waals surface area contributed by atoms with Crippen molar-refractivity contribution in [3.8, 4) is 5.75 Å². The molecule has 0 saturated carbocycles. The van der Waals surface area contributed by atoms with Gasteiger partial charge in [0.2, 0.25) is 11.7 Å². The molecule has 22 heavy (non-hydrogen) atoms. The lowest BCUT2D eigenvalue weighted by molar-refractivity contribution is 0.0600. The Kier molecular flexibility index (Phi) is 5.35. The van der Waals surface area contributed by atoms with Gasteiger partial charge in [-0.25, -0.2) is 4.79 Å². The molecule has 1 aliphatic heterocycles. The van der Waals surface area contributed by atoms with E-state index in [0.29, 0.717) is 23.0 Å². The van der Waals surface area contributed by atoms with E-state index in [9.17, 15) is 4.79 Å². The average Bonchev–Trinajstić information content (AvgIpc) is 2.91. The smallest absolute Gasteiger partial charge is 0.337 e. The molecule has 0 aliphatic carbocycles. The van der Waals surface area contributed by atoms with Gasteiger partial charge in [0.15, 0.2) is 6.61 Å². The van der Waals surface area contributed by atoms with Crippen LogP contribution >= 0.6 is 12.4 Å². The van der Waals surface area contributed by atoms with E-state index in [2.05, 4.69) is 20.2 Å². The zero-order valence-electron chi connectivity index (χ0n) is 11.9. The third-order valence-corrected chi connectivity index (χ3v) is 3.23. The first kappa shape index (κ1) is 16.3. The fourth-order valence-electron chi connectivity index (χ4n) is 1.95. The second kappa shape index (κ2) is 7.24. The Bertz CT molecular complexity index is 643. The minimum absolute atomic E-state index is 0. The fourth-order valence-corrected chi connectivity index (χ4v) is 1.95. The van der Waals surface area contributed by atoms with Gasteiger partial charge in [-0.1, -0.05) is 11.2 Å². The first-order chi connectivity index (χ1) is 10.3. The van der Waals surface area contributed by atoms with Gasteiger partial charge in [0.1, 0.15) is 5.75 Å². The average molecular weight is 326 g/mol. The third-order valence-electron chi connectivity index (χ3n) is 3.23. The second-order valence-electron chi connectivity index (χ2n) is 4.65. The molecule has 8 heteroatoms. The predicted octanol–water partition coefficient (Wildman–Crippen LogP) is 1.89. The summed E-state index contributed by atoms with van der Waals surface area (Å²) in [6.07, 6.45) is 1.00. The minimum atomic E-state index is -0.404. The van der Waals surface area contributed by atoms with Crippen LogP contribution in [0.5, 0.6) is 5.75 Å². The molecule has 1 N–H and O–H groups in total. The molecule has 2 aromatic rings. The number of carbonyl (C=O) groups is 1. The number of hydrogen-bond donors (Lipinski definition) is 1. The molecule has 0 unspecified atom stereocenters. The number of methoxy groups -OCH3 is 1. The van der Waals surface area contributed by atoms with E-state index < -0.39 is 5.97 Å². The summed E-state index contributed by atoms with van der Waals surface area (Å²) in [5, 5.41) is 7.05. The van der Waals surface area contributed by atoms with Gasteiger partial charge in [-0.2, -0.15) is 4.98 Å². The quantitative estimate of drug-likeness (QED) is 0.840. The van der Waals surface area contributed by atoms with Gasteiger partial charge < -0.3 is 19.3 Å². The Morgan fingerprint density at radius 1 is 1.50 bits per heavy atom. The molecule has 1 atom stereocenters. The monoisotopic (exact) mass is 325 g/mol. The SMILES string of the molecule is COC(=O)c1cccc(OCc2noc([C@H]3CCN3)n2)c1.Cl. The maximum atomic E-state index is 11.4. The zero-order valence-corrected chi connectivity index (χ0v) is 12.8. The van der Waals surface area contributed by atoms with E-state index in [-0.39, 0.29) is 25.1 Å². The lowest BCUT2D eigenvalue weighted by Crippen LogP contribution is -2.35. The first-order valence-corrected chi connectivity index (χ1v) is 6.63. The van der Waals surface area contributed by atoms with Crippen molar-refractivity contribution in [2.24, 2.45) is 0 Å².